The first-order chi connectivity index (χ1) is 13.4. The van der Waals surface area contributed by atoms with Crippen LogP contribution in [0.5, 0.6) is 5.75 Å². The summed E-state index contributed by atoms with van der Waals surface area (Å²) in [7, 11) is 0. The van der Waals surface area contributed by atoms with Crippen LogP contribution in [-0.2, 0) is 11.0 Å². The summed E-state index contributed by atoms with van der Waals surface area (Å²) in [6.45, 7) is -0.171. The highest BCUT2D eigenvalue weighted by molar-refractivity contribution is 5.91. The second-order valence-corrected chi connectivity index (χ2v) is 5.79. The molecule has 0 atom stereocenters. The van der Waals surface area contributed by atoms with Gasteiger partial charge in [0.1, 0.15) is 11.6 Å². The van der Waals surface area contributed by atoms with E-state index in [1.807, 2.05) is 6.07 Å². The number of pyridine rings is 1. The Kier molecular flexibility index (Phi) is 5.78. The summed E-state index contributed by atoms with van der Waals surface area (Å²) in [5, 5.41) is 5.42. The van der Waals surface area contributed by atoms with Crippen molar-refractivity contribution in [1.82, 2.24) is 4.98 Å². The number of halogens is 3. The Labute approximate surface area is 159 Å². The second kappa shape index (κ2) is 8.43. The van der Waals surface area contributed by atoms with Crippen molar-refractivity contribution < 1.29 is 22.7 Å². The first-order valence-corrected chi connectivity index (χ1v) is 8.28. The van der Waals surface area contributed by atoms with Gasteiger partial charge in [0, 0.05) is 5.69 Å². The Morgan fingerprint density at radius 1 is 0.964 bits per heavy atom. The van der Waals surface area contributed by atoms with Crippen LogP contribution in [0.3, 0.4) is 0 Å². The molecule has 3 aromatic rings. The molecule has 0 saturated heterocycles. The van der Waals surface area contributed by atoms with Gasteiger partial charge in [-0.3, -0.25) is 4.79 Å². The molecule has 0 aliphatic rings. The molecule has 3 rings (SSSR count). The predicted molar refractivity (Wildman–Crippen MR) is 99.5 cm³/mol. The lowest BCUT2D eigenvalue weighted by atomic mass is 10.2. The molecule has 8 heteroatoms. The maximum Gasteiger partial charge on any atom is 0.416 e. The van der Waals surface area contributed by atoms with E-state index in [0.29, 0.717) is 17.3 Å². The van der Waals surface area contributed by atoms with Gasteiger partial charge in [-0.2, -0.15) is 13.2 Å². The van der Waals surface area contributed by atoms with Gasteiger partial charge in [0.25, 0.3) is 5.91 Å². The predicted octanol–water partition coefficient (Wildman–Crippen LogP) is 4.86. The summed E-state index contributed by atoms with van der Waals surface area (Å²) in [4.78, 5) is 16.0. The standard InChI is InChI=1S/C20H16F3N3O2/c21-20(22,23)14-5-4-6-15(11-14)25-16-9-10-18(24-12-16)26-19(27)13-28-17-7-2-1-3-8-17/h1-12,25H,13H2,(H,24,26,27). The van der Waals surface area contributed by atoms with Gasteiger partial charge in [0.05, 0.1) is 17.4 Å². The number of alkyl halides is 3. The lowest BCUT2D eigenvalue weighted by Gasteiger charge is -2.11. The van der Waals surface area contributed by atoms with E-state index in [4.69, 9.17) is 4.74 Å². The lowest BCUT2D eigenvalue weighted by molar-refractivity contribution is -0.137. The van der Waals surface area contributed by atoms with E-state index >= 15 is 0 Å². The largest absolute Gasteiger partial charge is 0.484 e. The molecule has 5 nitrogen and oxygen atoms in total. The van der Waals surface area contributed by atoms with Crippen molar-refractivity contribution in [3.8, 4) is 5.75 Å². The number of carbonyl (C=O) groups is 1. The summed E-state index contributed by atoms with van der Waals surface area (Å²) < 4.78 is 43.6. The molecule has 0 bridgehead atoms. The highest BCUT2D eigenvalue weighted by atomic mass is 19.4. The minimum atomic E-state index is -4.41. The Morgan fingerprint density at radius 2 is 1.75 bits per heavy atom. The van der Waals surface area contributed by atoms with Gasteiger partial charge in [-0.1, -0.05) is 24.3 Å². The van der Waals surface area contributed by atoms with Crippen molar-refractivity contribution in [1.29, 1.82) is 0 Å². The van der Waals surface area contributed by atoms with Crippen LogP contribution < -0.4 is 15.4 Å². The zero-order chi connectivity index (χ0) is 20.0. The van der Waals surface area contributed by atoms with Crippen molar-refractivity contribution in [3.63, 3.8) is 0 Å². The highest BCUT2D eigenvalue weighted by Gasteiger charge is 2.30. The Bertz CT molecular complexity index is 929. The van der Waals surface area contributed by atoms with Crippen molar-refractivity contribution in [2.75, 3.05) is 17.2 Å². The quantitative estimate of drug-likeness (QED) is 0.634. The number of para-hydroxylation sites is 1. The summed E-state index contributed by atoms with van der Waals surface area (Å²) in [6.07, 6.45) is -3.00. The average molecular weight is 387 g/mol. The van der Waals surface area contributed by atoms with Crippen LogP contribution in [0.2, 0.25) is 0 Å². The number of ether oxygens (including phenoxy) is 1. The molecule has 0 fully saturated rings. The second-order valence-electron chi connectivity index (χ2n) is 5.79. The molecule has 0 aliphatic heterocycles. The highest BCUT2D eigenvalue weighted by Crippen LogP contribution is 2.31. The van der Waals surface area contributed by atoms with E-state index in [1.54, 1.807) is 30.3 Å². The zero-order valence-electron chi connectivity index (χ0n) is 14.5. The molecule has 2 N–H and O–H groups in total. The molecule has 1 heterocycles. The fraction of sp³-hybridized carbons (Fsp3) is 0.100. The van der Waals surface area contributed by atoms with Gasteiger partial charge in [-0.15, -0.1) is 0 Å². The Balaban J connectivity index is 1.55. The minimum Gasteiger partial charge on any atom is -0.484 e. The number of anilines is 3. The van der Waals surface area contributed by atoms with Crippen molar-refractivity contribution in [3.05, 3.63) is 78.5 Å². The third-order valence-electron chi connectivity index (χ3n) is 3.62. The molecular weight excluding hydrogens is 371 g/mol. The van der Waals surface area contributed by atoms with Crippen LogP contribution in [0.4, 0.5) is 30.4 Å². The molecule has 0 aliphatic carbocycles. The van der Waals surface area contributed by atoms with Crippen molar-refractivity contribution in [2.45, 2.75) is 6.18 Å². The first kappa shape index (κ1) is 19.2. The van der Waals surface area contributed by atoms with E-state index in [-0.39, 0.29) is 18.2 Å². The van der Waals surface area contributed by atoms with Crippen molar-refractivity contribution in [2.24, 2.45) is 0 Å². The van der Waals surface area contributed by atoms with E-state index in [0.717, 1.165) is 12.1 Å². The van der Waals surface area contributed by atoms with Gasteiger partial charge in [0.2, 0.25) is 0 Å². The number of nitrogens with one attached hydrogen (secondary N) is 2. The number of hydrogen-bond acceptors (Lipinski definition) is 4. The summed E-state index contributed by atoms with van der Waals surface area (Å²) >= 11 is 0. The molecule has 1 amide bonds. The van der Waals surface area contributed by atoms with Crippen LogP contribution in [0.15, 0.2) is 72.9 Å². The van der Waals surface area contributed by atoms with Crippen LogP contribution in [-0.4, -0.2) is 17.5 Å². The van der Waals surface area contributed by atoms with Crippen LogP contribution in [0, 0.1) is 0 Å². The molecular formula is C20H16F3N3O2. The topological polar surface area (TPSA) is 63.2 Å². The third-order valence-corrected chi connectivity index (χ3v) is 3.62. The SMILES string of the molecule is O=C(COc1ccccc1)Nc1ccc(Nc2cccc(C(F)(F)F)c2)cn1. The average Bonchev–Trinajstić information content (AvgIpc) is 2.68. The Morgan fingerprint density at radius 3 is 2.43 bits per heavy atom. The first-order valence-electron chi connectivity index (χ1n) is 8.28. The molecule has 0 radical (unpaired) electrons. The number of benzene rings is 2. The summed E-state index contributed by atoms with van der Waals surface area (Å²) in [5.74, 6) is 0.498. The van der Waals surface area contributed by atoms with Crippen LogP contribution in [0.25, 0.3) is 0 Å². The molecule has 0 spiro atoms. The summed E-state index contributed by atoms with van der Waals surface area (Å²) in [6, 6.07) is 16.9. The fourth-order valence-electron chi connectivity index (χ4n) is 2.33. The normalized spacial score (nSPS) is 11.0. The lowest BCUT2D eigenvalue weighted by Crippen LogP contribution is -2.20. The number of aromatic nitrogens is 1. The zero-order valence-corrected chi connectivity index (χ0v) is 14.5. The number of carbonyl (C=O) groups excluding carboxylic acids is 1. The molecule has 144 valence electrons. The summed E-state index contributed by atoms with van der Waals surface area (Å²) in [5.41, 5.74) is 0.0234. The molecule has 28 heavy (non-hydrogen) atoms. The molecule has 1 aromatic heterocycles. The number of hydrogen-bond donors (Lipinski definition) is 2. The van der Waals surface area contributed by atoms with E-state index in [1.165, 1.54) is 24.4 Å². The van der Waals surface area contributed by atoms with E-state index < -0.39 is 11.7 Å². The van der Waals surface area contributed by atoms with E-state index in [2.05, 4.69) is 15.6 Å². The van der Waals surface area contributed by atoms with Crippen LogP contribution in [0.1, 0.15) is 5.56 Å². The molecule has 0 saturated carbocycles. The van der Waals surface area contributed by atoms with Crippen LogP contribution >= 0.6 is 0 Å². The number of nitrogens with zero attached hydrogens (tertiary/aromatic N) is 1. The van der Waals surface area contributed by atoms with Gasteiger partial charge in [0.15, 0.2) is 6.61 Å². The van der Waals surface area contributed by atoms with Gasteiger partial charge < -0.3 is 15.4 Å². The van der Waals surface area contributed by atoms with E-state index in [9.17, 15) is 18.0 Å². The molecule has 2 aromatic carbocycles. The number of amides is 1. The Hall–Kier alpha value is -3.55. The smallest absolute Gasteiger partial charge is 0.416 e. The maximum atomic E-state index is 12.8. The van der Waals surface area contributed by atoms with Gasteiger partial charge >= 0.3 is 6.18 Å². The number of rotatable bonds is 6. The third kappa shape index (κ3) is 5.47. The maximum absolute atomic E-state index is 12.8. The van der Waals surface area contributed by atoms with Gasteiger partial charge in [-0.25, -0.2) is 4.98 Å². The fourth-order valence-corrected chi connectivity index (χ4v) is 2.33. The van der Waals surface area contributed by atoms with Crippen molar-refractivity contribution >= 4 is 23.1 Å². The minimum absolute atomic E-state index is 0.171. The monoisotopic (exact) mass is 387 g/mol. The van der Waals surface area contributed by atoms with Gasteiger partial charge in [-0.05, 0) is 42.5 Å². The molecule has 0 unspecified atom stereocenters.